The maximum Gasteiger partial charge on any atom is 0.224 e. The maximum absolute atomic E-state index is 5.06. The Hall–Kier alpha value is -1.40. The van der Waals surface area contributed by atoms with E-state index in [2.05, 4.69) is 39.5 Å². The highest BCUT2D eigenvalue weighted by atomic mass is 16.5. The average Bonchev–Trinajstić information content (AvgIpc) is 2.42. The molecular formula is C14H27N5O. The van der Waals surface area contributed by atoms with Gasteiger partial charge in [0.25, 0.3) is 0 Å². The molecule has 1 aromatic heterocycles. The highest BCUT2D eigenvalue weighted by Crippen LogP contribution is 2.09. The Morgan fingerprint density at radius 2 is 2.00 bits per heavy atom. The molecule has 0 aromatic carbocycles. The Labute approximate surface area is 121 Å². The number of rotatable bonds is 10. The third-order valence-electron chi connectivity index (χ3n) is 2.86. The van der Waals surface area contributed by atoms with Gasteiger partial charge in [0.15, 0.2) is 0 Å². The third kappa shape index (κ3) is 6.68. The first-order valence-electron chi connectivity index (χ1n) is 7.16. The number of methoxy groups -OCH3 is 1. The van der Waals surface area contributed by atoms with Crippen LogP contribution in [0.15, 0.2) is 6.07 Å². The van der Waals surface area contributed by atoms with Crippen molar-refractivity contribution in [2.45, 2.75) is 20.3 Å². The van der Waals surface area contributed by atoms with E-state index in [4.69, 9.17) is 4.74 Å². The van der Waals surface area contributed by atoms with E-state index in [1.165, 1.54) is 0 Å². The van der Waals surface area contributed by atoms with E-state index in [1.54, 1.807) is 7.11 Å². The van der Waals surface area contributed by atoms with Gasteiger partial charge in [-0.25, -0.2) is 4.98 Å². The Morgan fingerprint density at radius 3 is 2.70 bits per heavy atom. The summed E-state index contributed by atoms with van der Waals surface area (Å²) >= 11 is 0. The molecule has 0 atom stereocenters. The molecule has 20 heavy (non-hydrogen) atoms. The lowest BCUT2D eigenvalue weighted by Crippen LogP contribution is -2.28. The minimum atomic E-state index is 0.696. The molecule has 0 spiro atoms. The number of nitrogens with one attached hydrogen (secondary N) is 2. The standard InChI is InChI=1S/C14H27N5O/c1-5-6-16-14-17-12(2)11-13(18-14)15-7-8-19(3)9-10-20-4/h11H,5-10H2,1-4H3,(H2,15,16,17,18). The van der Waals surface area contributed by atoms with E-state index < -0.39 is 0 Å². The van der Waals surface area contributed by atoms with E-state index in [9.17, 15) is 0 Å². The Morgan fingerprint density at radius 1 is 1.20 bits per heavy atom. The monoisotopic (exact) mass is 281 g/mol. The SMILES string of the molecule is CCCNc1nc(C)cc(NCCN(C)CCOC)n1. The van der Waals surface area contributed by atoms with Crippen molar-refractivity contribution in [1.82, 2.24) is 14.9 Å². The van der Waals surface area contributed by atoms with E-state index >= 15 is 0 Å². The molecule has 1 heterocycles. The molecule has 6 nitrogen and oxygen atoms in total. The zero-order valence-electron chi connectivity index (χ0n) is 13.1. The highest BCUT2D eigenvalue weighted by Gasteiger charge is 2.02. The van der Waals surface area contributed by atoms with Crippen LogP contribution in [0.3, 0.4) is 0 Å². The minimum Gasteiger partial charge on any atom is -0.383 e. The number of hydrogen-bond donors (Lipinski definition) is 2. The normalized spacial score (nSPS) is 10.8. The first-order valence-corrected chi connectivity index (χ1v) is 7.16. The fraction of sp³-hybridized carbons (Fsp3) is 0.714. The molecule has 0 unspecified atom stereocenters. The van der Waals surface area contributed by atoms with Crippen molar-refractivity contribution >= 4 is 11.8 Å². The van der Waals surface area contributed by atoms with Gasteiger partial charge in [0.05, 0.1) is 6.61 Å². The van der Waals surface area contributed by atoms with Crippen LogP contribution >= 0.6 is 0 Å². The zero-order valence-corrected chi connectivity index (χ0v) is 13.1. The fourth-order valence-corrected chi connectivity index (χ4v) is 1.71. The lowest BCUT2D eigenvalue weighted by molar-refractivity contribution is 0.163. The molecule has 0 aliphatic heterocycles. The average molecular weight is 281 g/mol. The molecule has 0 saturated carbocycles. The second-order valence-electron chi connectivity index (χ2n) is 4.87. The van der Waals surface area contributed by atoms with Gasteiger partial charge in [-0.2, -0.15) is 4.98 Å². The van der Waals surface area contributed by atoms with Gasteiger partial charge in [0.1, 0.15) is 5.82 Å². The summed E-state index contributed by atoms with van der Waals surface area (Å²) in [5, 5.41) is 6.55. The van der Waals surface area contributed by atoms with Gasteiger partial charge in [0, 0.05) is 45.0 Å². The van der Waals surface area contributed by atoms with Gasteiger partial charge in [-0.05, 0) is 20.4 Å². The summed E-state index contributed by atoms with van der Waals surface area (Å²) in [7, 11) is 3.81. The largest absolute Gasteiger partial charge is 0.383 e. The zero-order chi connectivity index (χ0) is 14.8. The summed E-state index contributed by atoms with van der Waals surface area (Å²) in [6, 6.07) is 1.96. The molecule has 1 aromatic rings. The Kier molecular flexibility index (Phi) is 7.91. The lowest BCUT2D eigenvalue weighted by atomic mass is 10.4. The van der Waals surface area contributed by atoms with Crippen molar-refractivity contribution in [2.75, 3.05) is 57.6 Å². The first kappa shape index (κ1) is 16.7. The molecule has 0 amide bonds. The highest BCUT2D eigenvalue weighted by molar-refractivity contribution is 5.42. The fourth-order valence-electron chi connectivity index (χ4n) is 1.71. The van der Waals surface area contributed by atoms with Crippen LogP contribution < -0.4 is 10.6 Å². The quantitative estimate of drug-likeness (QED) is 0.679. The molecule has 0 aliphatic rings. The molecule has 0 aliphatic carbocycles. The number of aromatic nitrogens is 2. The van der Waals surface area contributed by atoms with E-state index in [0.29, 0.717) is 5.95 Å². The number of anilines is 2. The van der Waals surface area contributed by atoms with Gasteiger partial charge < -0.3 is 20.3 Å². The second kappa shape index (κ2) is 9.50. The molecule has 0 saturated heterocycles. The molecule has 0 bridgehead atoms. The van der Waals surface area contributed by atoms with Crippen LogP contribution in [0.25, 0.3) is 0 Å². The molecule has 6 heteroatoms. The predicted octanol–water partition coefficient (Wildman–Crippen LogP) is 1.60. The van der Waals surface area contributed by atoms with Gasteiger partial charge in [-0.1, -0.05) is 6.92 Å². The number of nitrogens with zero attached hydrogens (tertiary/aromatic N) is 3. The predicted molar refractivity (Wildman–Crippen MR) is 83.4 cm³/mol. The summed E-state index contributed by atoms with van der Waals surface area (Å²) in [5.74, 6) is 1.57. The Bertz CT molecular complexity index is 386. The van der Waals surface area contributed by atoms with Crippen LogP contribution in [0.1, 0.15) is 19.0 Å². The summed E-state index contributed by atoms with van der Waals surface area (Å²) in [6.07, 6.45) is 1.06. The third-order valence-corrected chi connectivity index (χ3v) is 2.86. The van der Waals surface area contributed by atoms with Gasteiger partial charge >= 0.3 is 0 Å². The number of ether oxygens (including phenoxy) is 1. The summed E-state index contributed by atoms with van der Waals surface area (Å²) in [5.41, 5.74) is 0.967. The molecular weight excluding hydrogens is 254 g/mol. The summed E-state index contributed by atoms with van der Waals surface area (Å²) < 4.78 is 5.06. The molecule has 0 radical (unpaired) electrons. The second-order valence-corrected chi connectivity index (χ2v) is 4.87. The van der Waals surface area contributed by atoms with Gasteiger partial charge in [-0.15, -0.1) is 0 Å². The molecule has 2 N–H and O–H groups in total. The van der Waals surface area contributed by atoms with Crippen LogP contribution in [0.2, 0.25) is 0 Å². The number of hydrogen-bond acceptors (Lipinski definition) is 6. The minimum absolute atomic E-state index is 0.696. The van der Waals surface area contributed by atoms with Crippen molar-refractivity contribution in [3.05, 3.63) is 11.8 Å². The van der Waals surface area contributed by atoms with E-state index in [1.807, 2.05) is 13.0 Å². The topological polar surface area (TPSA) is 62.3 Å². The summed E-state index contributed by atoms with van der Waals surface area (Å²) in [4.78, 5) is 11.0. The maximum atomic E-state index is 5.06. The van der Waals surface area contributed by atoms with Crippen LogP contribution in [-0.4, -0.2) is 61.8 Å². The van der Waals surface area contributed by atoms with Crippen molar-refractivity contribution in [3.8, 4) is 0 Å². The van der Waals surface area contributed by atoms with Crippen molar-refractivity contribution < 1.29 is 4.74 Å². The first-order chi connectivity index (χ1) is 9.65. The van der Waals surface area contributed by atoms with Crippen molar-refractivity contribution in [2.24, 2.45) is 0 Å². The van der Waals surface area contributed by atoms with Crippen molar-refractivity contribution in [1.29, 1.82) is 0 Å². The molecule has 0 fully saturated rings. The van der Waals surface area contributed by atoms with Crippen LogP contribution in [0.5, 0.6) is 0 Å². The number of aryl methyl sites for hydroxylation is 1. The van der Waals surface area contributed by atoms with Crippen LogP contribution in [-0.2, 0) is 4.74 Å². The van der Waals surface area contributed by atoms with Crippen LogP contribution in [0.4, 0.5) is 11.8 Å². The smallest absolute Gasteiger partial charge is 0.224 e. The van der Waals surface area contributed by atoms with Gasteiger partial charge in [0.2, 0.25) is 5.95 Å². The molecule has 114 valence electrons. The summed E-state index contributed by atoms with van der Waals surface area (Å²) in [6.45, 7) is 8.49. The van der Waals surface area contributed by atoms with E-state index in [-0.39, 0.29) is 0 Å². The van der Waals surface area contributed by atoms with Gasteiger partial charge in [-0.3, -0.25) is 0 Å². The molecule has 1 rings (SSSR count). The van der Waals surface area contributed by atoms with Crippen molar-refractivity contribution in [3.63, 3.8) is 0 Å². The van der Waals surface area contributed by atoms with Crippen LogP contribution in [0, 0.1) is 6.92 Å². The van der Waals surface area contributed by atoms with E-state index in [0.717, 1.165) is 50.7 Å². The lowest BCUT2D eigenvalue weighted by Gasteiger charge is -2.16. The Balaban J connectivity index is 2.40. The number of likely N-dealkylation sites (N-methyl/N-ethyl adjacent to an activating group) is 1.